The molecule has 142 valence electrons. The number of carbonyl (C=O) groups is 1. The molecule has 1 aliphatic rings. The first-order chi connectivity index (χ1) is 11.7. The second-order valence-electron chi connectivity index (χ2n) is 6.32. The van der Waals surface area contributed by atoms with Crippen LogP contribution in [0.4, 0.5) is 0 Å². The van der Waals surface area contributed by atoms with Gasteiger partial charge < -0.3 is 19.7 Å². The third-order valence-corrected chi connectivity index (χ3v) is 4.48. The standard InChI is InChI=1S/C19H30N2O3.ClH/c1-4-12-21(17-8-10-20-11-9-17)19(22)15(2)24-14-16-6-5-7-18(13-16)23-3;/h5-7,13,15,17,20H,4,8-12,14H2,1-3H3;1H. The lowest BCUT2D eigenvalue weighted by Gasteiger charge is -2.36. The maximum absolute atomic E-state index is 12.8. The van der Waals surface area contributed by atoms with Crippen molar-refractivity contribution in [1.82, 2.24) is 10.2 Å². The Bertz CT molecular complexity index is 521. The molecule has 25 heavy (non-hydrogen) atoms. The lowest BCUT2D eigenvalue weighted by molar-refractivity contribution is -0.146. The molecule has 0 bridgehead atoms. The summed E-state index contributed by atoms with van der Waals surface area (Å²) in [4.78, 5) is 14.9. The number of carbonyl (C=O) groups excluding carboxylic acids is 1. The Kier molecular flexibility index (Phi) is 9.86. The monoisotopic (exact) mass is 370 g/mol. The fourth-order valence-corrected chi connectivity index (χ4v) is 3.12. The van der Waals surface area contributed by atoms with E-state index in [-0.39, 0.29) is 18.3 Å². The molecule has 5 nitrogen and oxygen atoms in total. The first-order valence-electron chi connectivity index (χ1n) is 8.91. The molecular weight excluding hydrogens is 340 g/mol. The lowest BCUT2D eigenvalue weighted by Crippen LogP contribution is -2.49. The second-order valence-corrected chi connectivity index (χ2v) is 6.32. The number of hydrogen-bond acceptors (Lipinski definition) is 4. The molecule has 0 aliphatic carbocycles. The van der Waals surface area contributed by atoms with Gasteiger partial charge in [0.1, 0.15) is 11.9 Å². The molecule has 1 N–H and O–H groups in total. The summed E-state index contributed by atoms with van der Waals surface area (Å²) in [5.74, 6) is 0.907. The summed E-state index contributed by atoms with van der Waals surface area (Å²) in [7, 11) is 1.65. The van der Waals surface area contributed by atoms with E-state index in [1.807, 2.05) is 36.1 Å². The van der Waals surface area contributed by atoms with Gasteiger partial charge >= 0.3 is 0 Å². The van der Waals surface area contributed by atoms with Gasteiger partial charge in [-0.15, -0.1) is 12.4 Å². The van der Waals surface area contributed by atoms with Crippen molar-refractivity contribution >= 4 is 18.3 Å². The molecule has 1 unspecified atom stereocenters. The highest BCUT2D eigenvalue weighted by Gasteiger charge is 2.28. The van der Waals surface area contributed by atoms with Gasteiger partial charge in [-0.2, -0.15) is 0 Å². The van der Waals surface area contributed by atoms with Crippen LogP contribution in [0.3, 0.4) is 0 Å². The first-order valence-corrected chi connectivity index (χ1v) is 8.91. The molecule has 1 amide bonds. The van der Waals surface area contributed by atoms with Crippen LogP contribution in [0.2, 0.25) is 0 Å². The van der Waals surface area contributed by atoms with Gasteiger partial charge in [-0.25, -0.2) is 0 Å². The minimum atomic E-state index is -0.433. The average Bonchev–Trinajstić information content (AvgIpc) is 2.64. The number of methoxy groups -OCH3 is 1. The number of benzene rings is 1. The van der Waals surface area contributed by atoms with E-state index in [0.717, 1.165) is 50.2 Å². The zero-order valence-electron chi connectivity index (χ0n) is 15.5. The summed E-state index contributed by atoms with van der Waals surface area (Å²) in [6.07, 6.45) is 2.58. The fraction of sp³-hybridized carbons (Fsp3) is 0.632. The third-order valence-electron chi connectivity index (χ3n) is 4.48. The number of ether oxygens (including phenoxy) is 2. The zero-order chi connectivity index (χ0) is 17.4. The fourth-order valence-electron chi connectivity index (χ4n) is 3.12. The predicted molar refractivity (Wildman–Crippen MR) is 102 cm³/mol. The highest BCUT2D eigenvalue weighted by molar-refractivity contribution is 5.85. The van der Waals surface area contributed by atoms with Crippen molar-refractivity contribution in [3.8, 4) is 5.75 Å². The predicted octanol–water partition coefficient (Wildman–Crippen LogP) is 3.01. The average molecular weight is 371 g/mol. The van der Waals surface area contributed by atoms with E-state index < -0.39 is 6.10 Å². The van der Waals surface area contributed by atoms with Gasteiger partial charge in [-0.1, -0.05) is 19.1 Å². The number of nitrogens with one attached hydrogen (secondary N) is 1. The molecule has 0 radical (unpaired) electrons. The van der Waals surface area contributed by atoms with E-state index in [2.05, 4.69) is 12.2 Å². The highest BCUT2D eigenvalue weighted by atomic mass is 35.5. The molecular formula is C19H31ClN2O3. The van der Waals surface area contributed by atoms with Crippen molar-refractivity contribution in [2.45, 2.75) is 51.9 Å². The number of rotatable bonds is 8. The molecule has 0 saturated carbocycles. The van der Waals surface area contributed by atoms with Crippen LogP contribution in [0.15, 0.2) is 24.3 Å². The topological polar surface area (TPSA) is 50.8 Å². The van der Waals surface area contributed by atoms with Crippen molar-refractivity contribution in [3.05, 3.63) is 29.8 Å². The molecule has 1 aliphatic heterocycles. The molecule has 1 aromatic carbocycles. The van der Waals surface area contributed by atoms with Gasteiger partial charge in [-0.3, -0.25) is 4.79 Å². The van der Waals surface area contributed by atoms with E-state index in [1.165, 1.54) is 0 Å². The van der Waals surface area contributed by atoms with Crippen LogP contribution < -0.4 is 10.1 Å². The van der Waals surface area contributed by atoms with Crippen LogP contribution in [-0.2, 0) is 16.1 Å². The van der Waals surface area contributed by atoms with Crippen LogP contribution in [-0.4, -0.2) is 49.7 Å². The second kappa shape index (κ2) is 11.3. The maximum atomic E-state index is 12.8. The highest BCUT2D eigenvalue weighted by Crippen LogP contribution is 2.17. The maximum Gasteiger partial charge on any atom is 0.251 e. The Morgan fingerprint density at radius 2 is 2.08 bits per heavy atom. The molecule has 1 fully saturated rings. The Balaban J connectivity index is 0.00000312. The summed E-state index contributed by atoms with van der Waals surface area (Å²) >= 11 is 0. The van der Waals surface area contributed by atoms with Crippen LogP contribution in [0.5, 0.6) is 5.75 Å². The lowest BCUT2D eigenvalue weighted by atomic mass is 10.0. The smallest absolute Gasteiger partial charge is 0.251 e. The molecule has 1 saturated heterocycles. The zero-order valence-corrected chi connectivity index (χ0v) is 16.3. The molecule has 1 heterocycles. The summed E-state index contributed by atoms with van der Waals surface area (Å²) in [5.41, 5.74) is 1.01. The minimum absolute atomic E-state index is 0. The number of piperidine rings is 1. The van der Waals surface area contributed by atoms with E-state index >= 15 is 0 Å². The Labute approximate surface area is 157 Å². The molecule has 0 aromatic heterocycles. The summed E-state index contributed by atoms with van der Waals surface area (Å²) in [5, 5.41) is 3.36. The Morgan fingerprint density at radius 3 is 2.72 bits per heavy atom. The summed E-state index contributed by atoms with van der Waals surface area (Å²) < 4.78 is 11.1. The minimum Gasteiger partial charge on any atom is -0.497 e. The summed E-state index contributed by atoms with van der Waals surface area (Å²) in [6, 6.07) is 8.09. The first kappa shape index (κ1) is 21.7. The van der Waals surface area contributed by atoms with Crippen LogP contribution in [0.25, 0.3) is 0 Å². The van der Waals surface area contributed by atoms with Crippen molar-refractivity contribution in [1.29, 1.82) is 0 Å². The van der Waals surface area contributed by atoms with Crippen molar-refractivity contribution in [2.24, 2.45) is 0 Å². The van der Waals surface area contributed by atoms with Gasteiger partial charge in [0.25, 0.3) is 5.91 Å². The van der Waals surface area contributed by atoms with E-state index in [0.29, 0.717) is 12.6 Å². The molecule has 1 atom stereocenters. The van der Waals surface area contributed by atoms with E-state index in [1.54, 1.807) is 7.11 Å². The Hall–Kier alpha value is -1.30. The van der Waals surface area contributed by atoms with Gasteiger partial charge in [0.05, 0.1) is 13.7 Å². The van der Waals surface area contributed by atoms with Crippen molar-refractivity contribution in [2.75, 3.05) is 26.7 Å². The number of amides is 1. The van der Waals surface area contributed by atoms with E-state index in [4.69, 9.17) is 9.47 Å². The molecule has 6 heteroatoms. The molecule has 2 rings (SSSR count). The molecule has 1 aromatic rings. The van der Waals surface area contributed by atoms with Crippen LogP contribution >= 0.6 is 12.4 Å². The van der Waals surface area contributed by atoms with Gasteiger partial charge in [0.2, 0.25) is 0 Å². The van der Waals surface area contributed by atoms with Gasteiger partial charge in [0.15, 0.2) is 0 Å². The van der Waals surface area contributed by atoms with Crippen LogP contribution in [0, 0.1) is 0 Å². The van der Waals surface area contributed by atoms with E-state index in [9.17, 15) is 4.79 Å². The molecule has 0 spiro atoms. The van der Waals surface area contributed by atoms with Crippen molar-refractivity contribution < 1.29 is 14.3 Å². The Morgan fingerprint density at radius 1 is 1.36 bits per heavy atom. The number of nitrogens with zero attached hydrogens (tertiary/aromatic N) is 1. The summed E-state index contributed by atoms with van der Waals surface area (Å²) in [6.45, 7) is 7.15. The number of halogens is 1. The van der Waals surface area contributed by atoms with Gasteiger partial charge in [0, 0.05) is 12.6 Å². The van der Waals surface area contributed by atoms with Gasteiger partial charge in [-0.05, 0) is 57.0 Å². The van der Waals surface area contributed by atoms with Crippen molar-refractivity contribution in [3.63, 3.8) is 0 Å². The normalized spacial score (nSPS) is 16.0. The SMILES string of the molecule is CCCN(C(=O)C(C)OCc1cccc(OC)c1)C1CCNCC1.Cl. The third kappa shape index (κ3) is 6.49. The quantitative estimate of drug-likeness (QED) is 0.764. The largest absolute Gasteiger partial charge is 0.497 e. The number of hydrogen-bond donors (Lipinski definition) is 1. The van der Waals surface area contributed by atoms with Crippen LogP contribution in [0.1, 0.15) is 38.7 Å².